The lowest BCUT2D eigenvalue weighted by Crippen LogP contribution is -2.40. The van der Waals surface area contributed by atoms with E-state index >= 15 is 0 Å². The number of piperidine rings is 1. The van der Waals surface area contributed by atoms with Gasteiger partial charge in [-0.25, -0.2) is 0 Å². The Labute approximate surface area is 91.0 Å². The third kappa shape index (κ3) is 2.49. The minimum absolute atomic E-state index is 0.0815. The van der Waals surface area contributed by atoms with E-state index in [1.165, 1.54) is 39.5 Å². The summed E-state index contributed by atoms with van der Waals surface area (Å²) in [5.74, 6) is -0.116. The van der Waals surface area contributed by atoms with Gasteiger partial charge in [0.05, 0.1) is 7.11 Å². The van der Waals surface area contributed by atoms with Gasteiger partial charge >= 0.3 is 5.97 Å². The zero-order valence-corrected chi connectivity index (χ0v) is 9.37. The summed E-state index contributed by atoms with van der Waals surface area (Å²) in [6.07, 6.45) is 4.88. The fourth-order valence-electron chi connectivity index (χ4n) is 2.60. The molecule has 1 N–H and O–H groups in total. The molecule has 86 valence electrons. The van der Waals surface area contributed by atoms with Gasteiger partial charge in [-0.3, -0.25) is 9.69 Å². The standard InChI is InChI=1S/C11H20N2O2/c1-15-11(14)10-7-9(8-12-10)13-5-3-2-4-6-13/h9-10,12H,2-8H2,1H3/t9-,10-/m0/s1. The van der Waals surface area contributed by atoms with Crippen molar-refractivity contribution in [1.82, 2.24) is 10.2 Å². The zero-order chi connectivity index (χ0) is 10.7. The maximum Gasteiger partial charge on any atom is 0.322 e. The van der Waals surface area contributed by atoms with Crippen LogP contribution < -0.4 is 5.32 Å². The molecule has 0 aromatic heterocycles. The Morgan fingerprint density at radius 1 is 1.33 bits per heavy atom. The Morgan fingerprint density at radius 2 is 2.07 bits per heavy atom. The molecule has 2 atom stereocenters. The molecule has 0 aliphatic carbocycles. The van der Waals surface area contributed by atoms with E-state index in [4.69, 9.17) is 4.74 Å². The summed E-state index contributed by atoms with van der Waals surface area (Å²) < 4.78 is 4.75. The second-order valence-electron chi connectivity index (χ2n) is 4.47. The minimum atomic E-state index is -0.116. The van der Waals surface area contributed by atoms with E-state index in [2.05, 4.69) is 10.2 Å². The van der Waals surface area contributed by atoms with Gasteiger partial charge in [0.15, 0.2) is 0 Å². The summed E-state index contributed by atoms with van der Waals surface area (Å²) in [5.41, 5.74) is 0. The van der Waals surface area contributed by atoms with Crippen LogP contribution in [0.15, 0.2) is 0 Å². The molecule has 0 saturated carbocycles. The highest BCUT2D eigenvalue weighted by atomic mass is 16.5. The van der Waals surface area contributed by atoms with E-state index < -0.39 is 0 Å². The maximum absolute atomic E-state index is 11.3. The second-order valence-corrected chi connectivity index (χ2v) is 4.47. The van der Waals surface area contributed by atoms with E-state index in [9.17, 15) is 4.79 Å². The van der Waals surface area contributed by atoms with Gasteiger partial charge in [0.1, 0.15) is 6.04 Å². The van der Waals surface area contributed by atoms with Crippen LogP contribution in [0.1, 0.15) is 25.7 Å². The highest BCUT2D eigenvalue weighted by Gasteiger charge is 2.33. The van der Waals surface area contributed by atoms with Gasteiger partial charge < -0.3 is 10.1 Å². The van der Waals surface area contributed by atoms with Crippen molar-refractivity contribution in [2.75, 3.05) is 26.7 Å². The first-order chi connectivity index (χ1) is 7.31. The number of carbonyl (C=O) groups is 1. The predicted molar refractivity (Wildman–Crippen MR) is 57.6 cm³/mol. The molecule has 0 spiro atoms. The van der Waals surface area contributed by atoms with Crippen LogP contribution in [0.2, 0.25) is 0 Å². The smallest absolute Gasteiger partial charge is 0.322 e. The van der Waals surface area contributed by atoms with Crippen LogP contribution in [-0.4, -0.2) is 49.7 Å². The Kier molecular flexibility index (Phi) is 3.59. The van der Waals surface area contributed by atoms with Gasteiger partial charge in [0.25, 0.3) is 0 Å². The van der Waals surface area contributed by atoms with E-state index in [1.54, 1.807) is 0 Å². The first-order valence-electron chi connectivity index (χ1n) is 5.86. The number of esters is 1. The molecule has 2 heterocycles. The molecule has 0 amide bonds. The average Bonchev–Trinajstić information content (AvgIpc) is 2.78. The lowest BCUT2D eigenvalue weighted by molar-refractivity contribution is -0.142. The Balaban J connectivity index is 1.83. The van der Waals surface area contributed by atoms with Crippen LogP contribution in [0, 0.1) is 0 Å². The lowest BCUT2D eigenvalue weighted by atomic mass is 10.1. The van der Waals surface area contributed by atoms with Crippen LogP contribution in [0.5, 0.6) is 0 Å². The van der Waals surface area contributed by atoms with Crippen molar-refractivity contribution < 1.29 is 9.53 Å². The molecule has 0 aromatic rings. The molecule has 2 aliphatic heterocycles. The summed E-state index contributed by atoms with van der Waals surface area (Å²) in [6.45, 7) is 3.32. The van der Waals surface area contributed by atoms with Crippen molar-refractivity contribution in [3.63, 3.8) is 0 Å². The first kappa shape index (κ1) is 10.9. The molecule has 0 aromatic carbocycles. The molecule has 2 aliphatic rings. The van der Waals surface area contributed by atoms with E-state index in [0.717, 1.165) is 13.0 Å². The van der Waals surface area contributed by atoms with Crippen molar-refractivity contribution in [1.29, 1.82) is 0 Å². The van der Waals surface area contributed by atoms with E-state index in [0.29, 0.717) is 6.04 Å². The second kappa shape index (κ2) is 4.94. The zero-order valence-electron chi connectivity index (χ0n) is 9.37. The maximum atomic E-state index is 11.3. The topological polar surface area (TPSA) is 41.6 Å². The number of nitrogens with one attached hydrogen (secondary N) is 1. The molecule has 2 fully saturated rings. The summed E-state index contributed by atoms with van der Waals surface area (Å²) >= 11 is 0. The summed E-state index contributed by atoms with van der Waals surface area (Å²) in [5, 5.41) is 3.24. The number of likely N-dealkylation sites (tertiary alicyclic amines) is 1. The van der Waals surface area contributed by atoms with Crippen LogP contribution in [0.25, 0.3) is 0 Å². The van der Waals surface area contributed by atoms with Crippen LogP contribution >= 0.6 is 0 Å². The number of rotatable bonds is 2. The summed E-state index contributed by atoms with van der Waals surface area (Å²) in [6, 6.07) is 0.455. The normalized spacial score (nSPS) is 32.9. The Bertz CT molecular complexity index is 227. The predicted octanol–water partition coefficient (Wildman–Crippen LogP) is 0.376. The van der Waals surface area contributed by atoms with Crippen molar-refractivity contribution in [3.8, 4) is 0 Å². The van der Waals surface area contributed by atoms with Crippen molar-refractivity contribution in [2.24, 2.45) is 0 Å². The fourth-order valence-corrected chi connectivity index (χ4v) is 2.60. The van der Waals surface area contributed by atoms with Gasteiger partial charge in [0, 0.05) is 12.6 Å². The number of nitrogens with zero attached hydrogens (tertiary/aromatic N) is 1. The number of hydrogen-bond acceptors (Lipinski definition) is 4. The number of carbonyl (C=O) groups excluding carboxylic acids is 1. The van der Waals surface area contributed by atoms with Crippen molar-refractivity contribution in [3.05, 3.63) is 0 Å². The molecule has 0 radical (unpaired) electrons. The Hall–Kier alpha value is -0.610. The minimum Gasteiger partial charge on any atom is -0.468 e. The highest BCUT2D eigenvalue weighted by molar-refractivity contribution is 5.76. The average molecular weight is 212 g/mol. The fraction of sp³-hybridized carbons (Fsp3) is 0.909. The largest absolute Gasteiger partial charge is 0.468 e. The molecule has 0 bridgehead atoms. The number of methoxy groups -OCH3 is 1. The molecule has 0 unspecified atom stereocenters. The van der Waals surface area contributed by atoms with E-state index in [1.807, 2.05) is 0 Å². The molecule has 2 saturated heterocycles. The van der Waals surface area contributed by atoms with Gasteiger partial charge in [-0.2, -0.15) is 0 Å². The number of hydrogen-bond donors (Lipinski definition) is 1. The number of ether oxygens (including phenoxy) is 1. The highest BCUT2D eigenvalue weighted by Crippen LogP contribution is 2.19. The molecule has 15 heavy (non-hydrogen) atoms. The van der Waals surface area contributed by atoms with Crippen LogP contribution in [0.4, 0.5) is 0 Å². The SMILES string of the molecule is COC(=O)[C@@H]1C[C@H](N2CCCCC2)CN1. The van der Waals surface area contributed by atoms with Crippen molar-refractivity contribution >= 4 is 5.97 Å². The molecule has 2 rings (SSSR count). The third-order valence-electron chi connectivity index (χ3n) is 3.50. The van der Waals surface area contributed by atoms with Crippen LogP contribution in [0.3, 0.4) is 0 Å². The first-order valence-corrected chi connectivity index (χ1v) is 5.86. The van der Waals surface area contributed by atoms with Gasteiger partial charge in [0.2, 0.25) is 0 Å². The van der Waals surface area contributed by atoms with Gasteiger partial charge in [-0.05, 0) is 32.4 Å². The quantitative estimate of drug-likeness (QED) is 0.672. The third-order valence-corrected chi connectivity index (χ3v) is 3.50. The Morgan fingerprint density at radius 3 is 2.73 bits per heavy atom. The van der Waals surface area contributed by atoms with E-state index in [-0.39, 0.29) is 12.0 Å². The molecular formula is C11H20N2O2. The molecule has 4 nitrogen and oxygen atoms in total. The van der Waals surface area contributed by atoms with Crippen molar-refractivity contribution in [2.45, 2.75) is 37.8 Å². The summed E-state index contributed by atoms with van der Waals surface area (Å²) in [7, 11) is 1.46. The van der Waals surface area contributed by atoms with Gasteiger partial charge in [-0.1, -0.05) is 6.42 Å². The van der Waals surface area contributed by atoms with Gasteiger partial charge in [-0.15, -0.1) is 0 Å². The van der Waals surface area contributed by atoms with Crippen LogP contribution in [-0.2, 0) is 9.53 Å². The summed E-state index contributed by atoms with van der Waals surface area (Å²) in [4.78, 5) is 13.9. The lowest BCUT2D eigenvalue weighted by Gasteiger charge is -2.31. The molecular weight excluding hydrogens is 192 g/mol. The monoisotopic (exact) mass is 212 g/mol. The molecule has 4 heteroatoms.